The van der Waals surface area contributed by atoms with Gasteiger partial charge >= 0.3 is 0 Å². The van der Waals surface area contributed by atoms with Crippen molar-refractivity contribution in [1.29, 1.82) is 0 Å². The summed E-state index contributed by atoms with van der Waals surface area (Å²) in [7, 11) is 0. The normalized spacial score (nSPS) is 19.0. The predicted octanol–water partition coefficient (Wildman–Crippen LogP) is 0.929. The Bertz CT molecular complexity index is 671. The van der Waals surface area contributed by atoms with Crippen molar-refractivity contribution >= 4 is 0 Å². The van der Waals surface area contributed by atoms with Crippen LogP contribution in [0.4, 0.5) is 0 Å². The minimum Gasteiger partial charge on any atom is -0.348 e. The third-order valence-corrected chi connectivity index (χ3v) is 4.06. The Morgan fingerprint density at radius 1 is 1.40 bits per heavy atom. The molecule has 0 radical (unpaired) electrons. The van der Waals surface area contributed by atoms with Crippen molar-refractivity contribution in [3.8, 4) is 0 Å². The van der Waals surface area contributed by atoms with E-state index >= 15 is 0 Å². The van der Waals surface area contributed by atoms with Crippen molar-refractivity contribution in [2.45, 2.75) is 38.3 Å². The van der Waals surface area contributed by atoms with Gasteiger partial charge in [-0.2, -0.15) is 0 Å². The van der Waals surface area contributed by atoms with Gasteiger partial charge < -0.3 is 9.97 Å². The van der Waals surface area contributed by atoms with Crippen LogP contribution in [0.3, 0.4) is 0 Å². The van der Waals surface area contributed by atoms with Crippen LogP contribution in [0, 0.1) is 0 Å². The molecule has 2 aromatic heterocycles. The number of rotatable bonds is 3. The average Bonchev–Trinajstić information content (AvgIpc) is 3.17. The van der Waals surface area contributed by atoms with Gasteiger partial charge in [-0.3, -0.25) is 9.69 Å². The number of hydrogen-bond donors (Lipinski definition) is 2. The Balaban J connectivity index is 1.59. The predicted molar refractivity (Wildman–Crippen MR) is 73.2 cm³/mol. The molecule has 6 nitrogen and oxygen atoms in total. The molecule has 1 aliphatic heterocycles. The van der Waals surface area contributed by atoms with E-state index in [1.54, 1.807) is 6.20 Å². The Hall–Kier alpha value is -1.95. The molecule has 0 unspecified atom stereocenters. The summed E-state index contributed by atoms with van der Waals surface area (Å²) in [5.74, 6) is 2.32. The number of hydrogen-bond acceptors (Lipinski definition) is 4. The van der Waals surface area contributed by atoms with Crippen molar-refractivity contribution in [3.05, 3.63) is 45.7 Å². The Morgan fingerprint density at radius 3 is 3.05 bits per heavy atom. The van der Waals surface area contributed by atoms with Crippen LogP contribution in [0.15, 0.2) is 17.2 Å². The SMILES string of the molecule is O=c1[nH]c(C2CC2)nc2c1CCN(Cc1ncc[nH]1)C2. The molecule has 20 heavy (non-hydrogen) atoms. The first-order chi connectivity index (χ1) is 9.79. The number of aromatic amines is 2. The third-order valence-electron chi connectivity index (χ3n) is 4.06. The molecule has 0 saturated heterocycles. The molecule has 1 saturated carbocycles. The van der Waals surface area contributed by atoms with Gasteiger partial charge in [-0.1, -0.05) is 0 Å². The van der Waals surface area contributed by atoms with E-state index in [1.807, 2.05) is 6.20 Å². The first-order valence-corrected chi connectivity index (χ1v) is 7.12. The number of aromatic nitrogens is 4. The van der Waals surface area contributed by atoms with Crippen LogP contribution >= 0.6 is 0 Å². The highest BCUT2D eigenvalue weighted by molar-refractivity contribution is 5.23. The van der Waals surface area contributed by atoms with Gasteiger partial charge in [0.25, 0.3) is 5.56 Å². The van der Waals surface area contributed by atoms with E-state index in [9.17, 15) is 4.79 Å². The minimum absolute atomic E-state index is 0.0644. The molecule has 1 fully saturated rings. The lowest BCUT2D eigenvalue weighted by atomic mass is 10.1. The van der Waals surface area contributed by atoms with Gasteiger partial charge in [0.15, 0.2) is 0 Å². The van der Waals surface area contributed by atoms with E-state index in [4.69, 9.17) is 0 Å². The zero-order chi connectivity index (χ0) is 13.5. The average molecular weight is 271 g/mol. The molecule has 1 aliphatic carbocycles. The van der Waals surface area contributed by atoms with E-state index in [0.29, 0.717) is 5.92 Å². The molecule has 0 spiro atoms. The molecule has 104 valence electrons. The van der Waals surface area contributed by atoms with Gasteiger partial charge in [-0.05, 0) is 19.3 Å². The molecule has 0 amide bonds. The van der Waals surface area contributed by atoms with Gasteiger partial charge in [0, 0.05) is 37.0 Å². The molecular weight excluding hydrogens is 254 g/mol. The lowest BCUT2D eigenvalue weighted by Gasteiger charge is -2.26. The standard InChI is InChI=1S/C14H17N5O/c20-14-10-3-6-19(8-12-15-4-5-16-12)7-11(10)17-13(18-14)9-1-2-9/h4-5,9H,1-3,6-8H2,(H,15,16)(H,17,18,20). The summed E-state index contributed by atoms with van der Waals surface area (Å²) in [4.78, 5) is 29.4. The summed E-state index contributed by atoms with van der Waals surface area (Å²) in [6.07, 6.45) is 6.67. The van der Waals surface area contributed by atoms with E-state index < -0.39 is 0 Å². The van der Waals surface area contributed by atoms with Gasteiger partial charge in [-0.15, -0.1) is 0 Å². The fraction of sp³-hybridized carbons (Fsp3) is 0.500. The fourth-order valence-electron chi connectivity index (χ4n) is 2.79. The van der Waals surface area contributed by atoms with E-state index in [0.717, 1.165) is 61.8 Å². The number of H-pyrrole nitrogens is 2. The first-order valence-electron chi connectivity index (χ1n) is 7.12. The summed E-state index contributed by atoms with van der Waals surface area (Å²) in [6.45, 7) is 2.39. The number of nitrogens with zero attached hydrogens (tertiary/aromatic N) is 3. The summed E-state index contributed by atoms with van der Waals surface area (Å²) >= 11 is 0. The number of fused-ring (bicyclic) bond motifs is 1. The second-order valence-electron chi connectivity index (χ2n) is 5.65. The maximum Gasteiger partial charge on any atom is 0.254 e. The maximum absolute atomic E-state index is 12.1. The van der Waals surface area contributed by atoms with Crippen molar-refractivity contribution in [2.75, 3.05) is 6.54 Å². The van der Waals surface area contributed by atoms with Crippen LogP contribution in [-0.4, -0.2) is 31.4 Å². The first kappa shape index (κ1) is 11.8. The highest BCUT2D eigenvalue weighted by atomic mass is 16.1. The van der Waals surface area contributed by atoms with Crippen LogP contribution < -0.4 is 5.56 Å². The van der Waals surface area contributed by atoms with Gasteiger partial charge in [-0.25, -0.2) is 9.97 Å². The van der Waals surface area contributed by atoms with Gasteiger partial charge in [0.05, 0.1) is 12.2 Å². The molecule has 0 bridgehead atoms. The monoisotopic (exact) mass is 271 g/mol. The topological polar surface area (TPSA) is 77.7 Å². The van der Waals surface area contributed by atoms with Crippen molar-refractivity contribution in [2.24, 2.45) is 0 Å². The molecule has 3 heterocycles. The molecule has 2 N–H and O–H groups in total. The Morgan fingerprint density at radius 2 is 2.30 bits per heavy atom. The Labute approximate surface area is 116 Å². The van der Waals surface area contributed by atoms with Crippen molar-refractivity contribution in [1.82, 2.24) is 24.8 Å². The summed E-state index contributed by atoms with van der Waals surface area (Å²) in [5.41, 5.74) is 1.88. The second kappa shape index (κ2) is 4.56. The summed E-state index contributed by atoms with van der Waals surface area (Å²) in [6, 6.07) is 0. The zero-order valence-corrected chi connectivity index (χ0v) is 11.2. The van der Waals surface area contributed by atoms with Crippen molar-refractivity contribution in [3.63, 3.8) is 0 Å². The van der Waals surface area contributed by atoms with E-state index in [1.165, 1.54) is 0 Å². The minimum atomic E-state index is 0.0644. The molecule has 6 heteroatoms. The highest BCUT2D eigenvalue weighted by Crippen LogP contribution is 2.37. The largest absolute Gasteiger partial charge is 0.348 e. The highest BCUT2D eigenvalue weighted by Gasteiger charge is 2.29. The van der Waals surface area contributed by atoms with Gasteiger partial charge in [0.2, 0.25) is 0 Å². The van der Waals surface area contributed by atoms with Crippen LogP contribution in [0.25, 0.3) is 0 Å². The van der Waals surface area contributed by atoms with E-state index in [-0.39, 0.29) is 5.56 Å². The fourth-order valence-corrected chi connectivity index (χ4v) is 2.79. The van der Waals surface area contributed by atoms with E-state index in [2.05, 4.69) is 24.8 Å². The third kappa shape index (κ3) is 2.16. The quantitative estimate of drug-likeness (QED) is 0.870. The van der Waals surface area contributed by atoms with Crippen LogP contribution in [0.5, 0.6) is 0 Å². The molecular formula is C14H17N5O. The molecule has 0 aromatic carbocycles. The molecule has 0 atom stereocenters. The Kier molecular flexibility index (Phi) is 2.70. The van der Waals surface area contributed by atoms with Crippen LogP contribution in [-0.2, 0) is 19.5 Å². The second-order valence-corrected chi connectivity index (χ2v) is 5.65. The molecule has 2 aromatic rings. The lowest BCUT2D eigenvalue weighted by molar-refractivity contribution is 0.235. The zero-order valence-electron chi connectivity index (χ0n) is 11.2. The van der Waals surface area contributed by atoms with Crippen molar-refractivity contribution < 1.29 is 0 Å². The van der Waals surface area contributed by atoms with Crippen LogP contribution in [0.1, 0.15) is 41.7 Å². The molecule has 4 rings (SSSR count). The number of nitrogens with one attached hydrogen (secondary N) is 2. The maximum atomic E-state index is 12.1. The summed E-state index contributed by atoms with van der Waals surface area (Å²) in [5, 5.41) is 0. The van der Waals surface area contributed by atoms with Crippen LogP contribution in [0.2, 0.25) is 0 Å². The summed E-state index contributed by atoms with van der Waals surface area (Å²) < 4.78 is 0. The molecule has 2 aliphatic rings. The lowest BCUT2D eigenvalue weighted by Crippen LogP contribution is -2.35. The smallest absolute Gasteiger partial charge is 0.254 e. The number of imidazole rings is 1. The van der Waals surface area contributed by atoms with Gasteiger partial charge in [0.1, 0.15) is 11.6 Å².